The van der Waals surface area contributed by atoms with Gasteiger partial charge >= 0.3 is 0 Å². The van der Waals surface area contributed by atoms with Crippen molar-refractivity contribution in [2.75, 3.05) is 20.1 Å². The molecule has 6 nitrogen and oxygen atoms in total. The van der Waals surface area contributed by atoms with Crippen molar-refractivity contribution in [2.24, 2.45) is 5.92 Å². The van der Waals surface area contributed by atoms with Crippen LogP contribution in [0.3, 0.4) is 0 Å². The van der Waals surface area contributed by atoms with Crippen LogP contribution in [0.25, 0.3) is 6.08 Å². The number of carbonyl (C=O) groups is 3. The Morgan fingerprint density at radius 3 is 2.24 bits per heavy atom. The van der Waals surface area contributed by atoms with Crippen molar-refractivity contribution in [1.82, 2.24) is 15.5 Å². The molecule has 2 aliphatic rings. The molecule has 3 rings (SSSR count). The normalized spacial score (nSPS) is 18.6. The topological polar surface area (TPSA) is 78.5 Å². The van der Waals surface area contributed by atoms with Crippen molar-refractivity contribution in [1.29, 1.82) is 0 Å². The van der Waals surface area contributed by atoms with Gasteiger partial charge in [0, 0.05) is 43.7 Å². The fraction of sp³-hybridized carbons (Fsp3) is 0.522. The van der Waals surface area contributed by atoms with Crippen LogP contribution in [0, 0.1) is 5.92 Å². The molecule has 1 aromatic rings. The van der Waals surface area contributed by atoms with Gasteiger partial charge in [-0.25, -0.2) is 0 Å². The minimum Gasteiger partial charge on any atom is -0.355 e. The number of hydrogen-bond donors (Lipinski definition) is 2. The summed E-state index contributed by atoms with van der Waals surface area (Å²) < 4.78 is 0. The molecular weight excluding hydrogens is 366 g/mol. The number of likely N-dealkylation sites (tertiary alicyclic amines) is 1. The summed E-state index contributed by atoms with van der Waals surface area (Å²) in [7, 11) is 1.60. The third-order valence-corrected chi connectivity index (χ3v) is 5.95. The molecule has 1 aliphatic heterocycles. The standard InChI is InChI=1S/C23H31N3O3/c1-24-22(28)19-10-7-17(8-11-19)9-12-21(27)26-15-13-20(14-16-26)25-23(29)18-5-3-2-4-6-18/h7-12,18,20H,2-6,13-16H2,1H3,(H,24,28)(H,25,29)/b12-9+. The van der Waals surface area contributed by atoms with Crippen LogP contribution in [0.4, 0.5) is 0 Å². The average molecular weight is 398 g/mol. The number of nitrogens with one attached hydrogen (secondary N) is 2. The molecule has 1 heterocycles. The lowest BCUT2D eigenvalue weighted by atomic mass is 9.88. The Labute approximate surface area is 172 Å². The zero-order chi connectivity index (χ0) is 20.6. The van der Waals surface area contributed by atoms with Crippen LogP contribution in [0.1, 0.15) is 60.9 Å². The minimum absolute atomic E-state index is 0.0163. The summed E-state index contributed by atoms with van der Waals surface area (Å²) in [4.78, 5) is 38.3. The second kappa shape index (κ2) is 10.2. The van der Waals surface area contributed by atoms with Crippen molar-refractivity contribution in [3.63, 3.8) is 0 Å². The Bertz CT molecular complexity index is 743. The average Bonchev–Trinajstić information content (AvgIpc) is 2.78. The number of hydrogen-bond acceptors (Lipinski definition) is 3. The fourth-order valence-electron chi connectivity index (χ4n) is 4.09. The molecule has 0 unspecified atom stereocenters. The van der Waals surface area contributed by atoms with E-state index in [1.54, 1.807) is 31.3 Å². The van der Waals surface area contributed by atoms with Gasteiger partial charge in [-0.2, -0.15) is 0 Å². The van der Waals surface area contributed by atoms with Crippen LogP contribution in [0.15, 0.2) is 30.3 Å². The summed E-state index contributed by atoms with van der Waals surface area (Å²) in [5.41, 5.74) is 1.47. The molecule has 6 heteroatoms. The van der Waals surface area contributed by atoms with Gasteiger partial charge in [0.1, 0.15) is 0 Å². The Balaban J connectivity index is 1.44. The van der Waals surface area contributed by atoms with Gasteiger partial charge in [-0.05, 0) is 49.5 Å². The van der Waals surface area contributed by atoms with Gasteiger partial charge in [-0.1, -0.05) is 31.4 Å². The van der Waals surface area contributed by atoms with E-state index in [9.17, 15) is 14.4 Å². The monoisotopic (exact) mass is 397 g/mol. The number of benzene rings is 1. The third-order valence-electron chi connectivity index (χ3n) is 5.95. The number of nitrogens with zero attached hydrogens (tertiary/aromatic N) is 1. The first kappa shape index (κ1) is 21.1. The van der Waals surface area contributed by atoms with E-state index in [0.29, 0.717) is 18.7 Å². The quantitative estimate of drug-likeness (QED) is 0.750. The highest BCUT2D eigenvalue weighted by Gasteiger charge is 2.26. The molecular formula is C23H31N3O3. The lowest BCUT2D eigenvalue weighted by molar-refractivity contribution is -0.128. The van der Waals surface area contributed by atoms with Gasteiger partial charge in [0.05, 0.1) is 0 Å². The summed E-state index contributed by atoms with van der Waals surface area (Å²) in [6.07, 6.45) is 10.5. The highest BCUT2D eigenvalue weighted by Crippen LogP contribution is 2.24. The summed E-state index contributed by atoms with van der Waals surface area (Å²) >= 11 is 0. The molecule has 0 aromatic heterocycles. The van der Waals surface area contributed by atoms with Crippen LogP contribution in [-0.2, 0) is 9.59 Å². The molecule has 29 heavy (non-hydrogen) atoms. The van der Waals surface area contributed by atoms with E-state index < -0.39 is 0 Å². The van der Waals surface area contributed by atoms with Gasteiger partial charge in [-0.15, -0.1) is 0 Å². The number of carbonyl (C=O) groups excluding carboxylic acids is 3. The van der Waals surface area contributed by atoms with E-state index in [-0.39, 0.29) is 29.7 Å². The zero-order valence-corrected chi connectivity index (χ0v) is 17.2. The van der Waals surface area contributed by atoms with Crippen molar-refractivity contribution < 1.29 is 14.4 Å². The van der Waals surface area contributed by atoms with Crippen LogP contribution >= 0.6 is 0 Å². The van der Waals surface area contributed by atoms with Gasteiger partial charge < -0.3 is 15.5 Å². The Morgan fingerprint density at radius 2 is 1.62 bits per heavy atom. The smallest absolute Gasteiger partial charge is 0.251 e. The number of amides is 3. The van der Waals surface area contributed by atoms with E-state index in [1.165, 1.54) is 6.42 Å². The second-order valence-electron chi connectivity index (χ2n) is 7.98. The first-order valence-electron chi connectivity index (χ1n) is 10.7. The van der Waals surface area contributed by atoms with Crippen molar-refractivity contribution in [2.45, 2.75) is 51.0 Å². The molecule has 0 radical (unpaired) electrons. The maximum absolute atomic E-state index is 12.5. The SMILES string of the molecule is CNC(=O)c1ccc(/C=C/C(=O)N2CCC(NC(=O)C3CCCCC3)CC2)cc1. The summed E-state index contributed by atoms with van der Waals surface area (Å²) in [5.74, 6) is 0.239. The van der Waals surface area contributed by atoms with E-state index in [4.69, 9.17) is 0 Å². The van der Waals surface area contributed by atoms with Crippen molar-refractivity contribution >= 4 is 23.8 Å². The zero-order valence-electron chi connectivity index (χ0n) is 17.2. The molecule has 0 bridgehead atoms. The van der Waals surface area contributed by atoms with Gasteiger partial charge in [0.15, 0.2) is 0 Å². The Hall–Kier alpha value is -2.63. The first-order valence-corrected chi connectivity index (χ1v) is 10.7. The molecule has 1 saturated carbocycles. The highest BCUT2D eigenvalue weighted by molar-refractivity contribution is 5.94. The number of rotatable bonds is 5. The summed E-state index contributed by atoms with van der Waals surface area (Å²) in [6.45, 7) is 1.32. The van der Waals surface area contributed by atoms with Crippen LogP contribution < -0.4 is 10.6 Å². The lowest BCUT2D eigenvalue weighted by Crippen LogP contribution is -2.47. The predicted molar refractivity (Wildman–Crippen MR) is 113 cm³/mol. The summed E-state index contributed by atoms with van der Waals surface area (Å²) in [5, 5.41) is 5.78. The third kappa shape index (κ3) is 5.92. The van der Waals surface area contributed by atoms with E-state index in [1.807, 2.05) is 17.0 Å². The van der Waals surface area contributed by atoms with Crippen LogP contribution in [-0.4, -0.2) is 48.8 Å². The minimum atomic E-state index is -0.130. The lowest BCUT2D eigenvalue weighted by Gasteiger charge is -2.33. The van der Waals surface area contributed by atoms with Crippen LogP contribution in [0.2, 0.25) is 0 Å². The molecule has 156 valence electrons. The molecule has 0 spiro atoms. The largest absolute Gasteiger partial charge is 0.355 e. The molecule has 1 saturated heterocycles. The Morgan fingerprint density at radius 1 is 0.966 bits per heavy atom. The number of piperidine rings is 1. The van der Waals surface area contributed by atoms with Gasteiger partial charge in [-0.3, -0.25) is 14.4 Å². The van der Waals surface area contributed by atoms with Crippen molar-refractivity contribution in [3.05, 3.63) is 41.5 Å². The highest BCUT2D eigenvalue weighted by atomic mass is 16.2. The molecule has 2 fully saturated rings. The van der Waals surface area contributed by atoms with E-state index in [2.05, 4.69) is 10.6 Å². The van der Waals surface area contributed by atoms with Crippen LogP contribution in [0.5, 0.6) is 0 Å². The molecule has 2 N–H and O–H groups in total. The second-order valence-corrected chi connectivity index (χ2v) is 7.98. The molecule has 0 atom stereocenters. The fourth-order valence-corrected chi connectivity index (χ4v) is 4.09. The first-order chi connectivity index (χ1) is 14.1. The summed E-state index contributed by atoms with van der Waals surface area (Å²) in [6, 6.07) is 7.30. The molecule has 1 aromatic carbocycles. The van der Waals surface area contributed by atoms with E-state index >= 15 is 0 Å². The van der Waals surface area contributed by atoms with Gasteiger partial charge in [0.2, 0.25) is 11.8 Å². The molecule has 3 amide bonds. The maximum atomic E-state index is 12.5. The predicted octanol–water partition coefficient (Wildman–Crippen LogP) is 2.75. The Kier molecular flexibility index (Phi) is 7.44. The maximum Gasteiger partial charge on any atom is 0.251 e. The van der Waals surface area contributed by atoms with Gasteiger partial charge in [0.25, 0.3) is 5.91 Å². The molecule has 1 aliphatic carbocycles. The van der Waals surface area contributed by atoms with Crippen molar-refractivity contribution in [3.8, 4) is 0 Å². The van der Waals surface area contributed by atoms with E-state index in [0.717, 1.165) is 44.1 Å².